The third-order valence-electron chi connectivity index (χ3n) is 3.66. The van der Waals surface area contributed by atoms with E-state index in [1.54, 1.807) is 6.26 Å². The van der Waals surface area contributed by atoms with Crippen LogP contribution in [-0.4, -0.2) is 22.2 Å². The minimum absolute atomic E-state index is 0.210. The molecule has 0 saturated carbocycles. The molecule has 2 rings (SSSR count). The van der Waals surface area contributed by atoms with Gasteiger partial charge in [0.15, 0.2) is 0 Å². The summed E-state index contributed by atoms with van der Waals surface area (Å²) in [5.74, 6) is 0. The van der Waals surface area contributed by atoms with Crippen molar-refractivity contribution in [1.82, 2.24) is 5.32 Å². The molecule has 2 atom stereocenters. The molecule has 118 valence electrons. The number of nitrogens with one attached hydrogen (secondary N) is 1. The smallest absolute Gasteiger partial charge is 0.0498 e. The van der Waals surface area contributed by atoms with E-state index in [1.165, 1.54) is 11.1 Å². The molecule has 2 N–H and O–H groups in total. The summed E-state index contributed by atoms with van der Waals surface area (Å²) in [4.78, 5) is 0.851. The van der Waals surface area contributed by atoms with Crippen molar-refractivity contribution in [3.8, 4) is 0 Å². The Morgan fingerprint density at radius 3 is 2.36 bits per heavy atom. The molecule has 0 heterocycles. The molecule has 22 heavy (non-hydrogen) atoms. The van der Waals surface area contributed by atoms with Crippen molar-refractivity contribution in [3.05, 3.63) is 65.7 Å². The van der Waals surface area contributed by atoms with Gasteiger partial charge >= 0.3 is 0 Å². The zero-order valence-electron chi connectivity index (χ0n) is 12.9. The maximum absolute atomic E-state index is 11.4. The topological polar surface area (TPSA) is 49.3 Å². The van der Waals surface area contributed by atoms with E-state index < -0.39 is 10.8 Å². The molecule has 0 spiro atoms. The maximum atomic E-state index is 11.4. The molecule has 0 aromatic heterocycles. The number of rotatable bonds is 8. The maximum Gasteiger partial charge on any atom is 0.0498 e. The van der Waals surface area contributed by atoms with Gasteiger partial charge in [0.1, 0.15) is 0 Å². The Morgan fingerprint density at radius 1 is 1.09 bits per heavy atom. The van der Waals surface area contributed by atoms with Crippen molar-refractivity contribution < 1.29 is 9.32 Å². The van der Waals surface area contributed by atoms with Crippen LogP contribution in [0, 0.1) is 0 Å². The summed E-state index contributed by atoms with van der Waals surface area (Å²) in [5, 5.41) is 12.6. The van der Waals surface area contributed by atoms with Crippen molar-refractivity contribution >= 4 is 10.8 Å². The normalized spacial score (nSPS) is 13.7. The average Bonchev–Trinajstić information content (AvgIpc) is 2.56. The average molecular weight is 317 g/mol. The minimum Gasteiger partial charge on any atom is -0.396 e. The van der Waals surface area contributed by atoms with Crippen molar-refractivity contribution in [3.63, 3.8) is 0 Å². The number of hydrogen-bond acceptors (Lipinski definition) is 3. The molecule has 3 nitrogen and oxygen atoms in total. The number of aliphatic hydroxyl groups is 1. The van der Waals surface area contributed by atoms with E-state index in [0.29, 0.717) is 0 Å². The third kappa shape index (κ3) is 5.05. The molecule has 0 aliphatic rings. The highest BCUT2D eigenvalue weighted by Gasteiger charge is 2.10. The predicted molar refractivity (Wildman–Crippen MR) is 91.1 cm³/mol. The molecule has 0 bridgehead atoms. The Morgan fingerprint density at radius 2 is 1.77 bits per heavy atom. The molecule has 0 radical (unpaired) electrons. The van der Waals surface area contributed by atoms with Gasteiger partial charge in [0.2, 0.25) is 0 Å². The van der Waals surface area contributed by atoms with Crippen LogP contribution in [0.5, 0.6) is 0 Å². The highest BCUT2D eigenvalue weighted by molar-refractivity contribution is 7.84. The first kappa shape index (κ1) is 16.9. The Balaban J connectivity index is 2.00. The van der Waals surface area contributed by atoms with Gasteiger partial charge in [0, 0.05) is 41.1 Å². The summed E-state index contributed by atoms with van der Waals surface area (Å²) in [6.45, 7) is 0.962. The van der Waals surface area contributed by atoms with E-state index in [1.807, 2.05) is 42.5 Å². The summed E-state index contributed by atoms with van der Waals surface area (Å²) in [6.07, 6.45) is 3.37. The first-order valence-corrected chi connectivity index (χ1v) is 9.08. The van der Waals surface area contributed by atoms with Crippen molar-refractivity contribution in [2.45, 2.75) is 30.3 Å². The summed E-state index contributed by atoms with van der Waals surface area (Å²) in [5.41, 5.74) is 2.40. The zero-order valence-corrected chi connectivity index (χ0v) is 13.7. The van der Waals surface area contributed by atoms with Crippen molar-refractivity contribution in [2.75, 3.05) is 12.9 Å². The van der Waals surface area contributed by atoms with E-state index in [0.717, 1.165) is 24.3 Å². The van der Waals surface area contributed by atoms with Crippen LogP contribution >= 0.6 is 0 Å². The van der Waals surface area contributed by atoms with Gasteiger partial charge in [-0.3, -0.25) is 4.21 Å². The molecule has 0 amide bonds. The van der Waals surface area contributed by atoms with E-state index in [4.69, 9.17) is 5.11 Å². The fraction of sp³-hybridized carbons (Fsp3) is 0.333. The predicted octanol–water partition coefficient (Wildman–Crippen LogP) is 3.03. The van der Waals surface area contributed by atoms with Crippen LogP contribution in [0.1, 0.15) is 30.0 Å². The van der Waals surface area contributed by atoms with E-state index in [9.17, 15) is 4.21 Å². The van der Waals surface area contributed by atoms with Gasteiger partial charge in [0.25, 0.3) is 0 Å². The Kier molecular flexibility index (Phi) is 6.77. The SMILES string of the molecule is CS(=O)c1ccc(CNC(CCCO)c2ccccc2)cc1. The molecule has 2 aromatic carbocycles. The largest absolute Gasteiger partial charge is 0.396 e. The molecule has 2 aromatic rings. The summed E-state index contributed by atoms with van der Waals surface area (Å²) in [7, 11) is -0.932. The second kappa shape index (κ2) is 8.83. The Labute approximate surface area is 134 Å². The number of aliphatic hydroxyl groups excluding tert-OH is 1. The van der Waals surface area contributed by atoms with Crippen LogP contribution in [0.4, 0.5) is 0 Å². The van der Waals surface area contributed by atoms with Crippen LogP contribution in [0.15, 0.2) is 59.5 Å². The Bertz CT molecular complexity index is 584. The van der Waals surface area contributed by atoms with Crippen LogP contribution in [-0.2, 0) is 17.3 Å². The fourth-order valence-corrected chi connectivity index (χ4v) is 2.93. The van der Waals surface area contributed by atoms with Crippen LogP contribution in [0.25, 0.3) is 0 Å². The van der Waals surface area contributed by atoms with Crippen molar-refractivity contribution in [2.24, 2.45) is 0 Å². The van der Waals surface area contributed by atoms with Crippen molar-refractivity contribution in [1.29, 1.82) is 0 Å². The van der Waals surface area contributed by atoms with Gasteiger partial charge in [-0.25, -0.2) is 0 Å². The molecule has 4 heteroatoms. The van der Waals surface area contributed by atoms with Gasteiger partial charge in [-0.1, -0.05) is 42.5 Å². The molecule has 2 unspecified atom stereocenters. The lowest BCUT2D eigenvalue weighted by Gasteiger charge is -2.19. The van der Waals surface area contributed by atoms with Crippen LogP contribution < -0.4 is 5.32 Å². The van der Waals surface area contributed by atoms with Gasteiger partial charge in [-0.2, -0.15) is 0 Å². The highest BCUT2D eigenvalue weighted by atomic mass is 32.2. The van der Waals surface area contributed by atoms with Crippen LogP contribution in [0.3, 0.4) is 0 Å². The van der Waals surface area contributed by atoms with Gasteiger partial charge < -0.3 is 10.4 Å². The standard InChI is InChI=1S/C18H23NO2S/c1-22(21)17-11-9-15(10-12-17)14-19-18(8-5-13-20)16-6-3-2-4-7-16/h2-4,6-7,9-12,18-20H,5,8,13-14H2,1H3. The summed E-state index contributed by atoms with van der Waals surface area (Å²) in [6, 6.07) is 18.4. The quantitative estimate of drug-likeness (QED) is 0.787. The minimum atomic E-state index is -0.932. The summed E-state index contributed by atoms with van der Waals surface area (Å²) < 4.78 is 11.4. The monoisotopic (exact) mass is 317 g/mol. The molecule has 0 saturated heterocycles. The van der Waals surface area contributed by atoms with E-state index in [-0.39, 0.29) is 12.6 Å². The van der Waals surface area contributed by atoms with E-state index >= 15 is 0 Å². The molecule has 0 aliphatic heterocycles. The second-order valence-electron chi connectivity index (χ2n) is 5.31. The lowest BCUT2D eigenvalue weighted by Crippen LogP contribution is -2.21. The van der Waals surface area contributed by atoms with Gasteiger partial charge in [0.05, 0.1) is 0 Å². The van der Waals surface area contributed by atoms with Gasteiger partial charge in [-0.15, -0.1) is 0 Å². The number of hydrogen-bond donors (Lipinski definition) is 2. The molecular formula is C18H23NO2S. The van der Waals surface area contributed by atoms with Gasteiger partial charge in [-0.05, 0) is 36.1 Å². The lowest BCUT2D eigenvalue weighted by atomic mass is 10.0. The first-order valence-electron chi connectivity index (χ1n) is 7.52. The molecule has 0 aliphatic carbocycles. The fourth-order valence-electron chi connectivity index (χ4n) is 2.41. The molecule has 0 fully saturated rings. The first-order chi connectivity index (χ1) is 10.7. The molecular weight excluding hydrogens is 294 g/mol. The zero-order chi connectivity index (χ0) is 15.8. The highest BCUT2D eigenvalue weighted by Crippen LogP contribution is 2.19. The van der Waals surface area contributed by atoms with Crippen LogP contribution in [0.2, 0.25) is 0 Å². The lowest BCUT2D eigenvalue weighted by molar-refractivity contribution is 0.275. The Hall–Kier alpha value is -1.49. The number of benzene rings is 2. The second-order valence-corrected chi connectivity index (χ2v) is 6.69. The third-order valence-corrected chi connectivity index (χ3v) is 4.60. The summed E-state index contributed by atoms with van der Waals surface area (Å²) >= 11 is 0. The van der Waals surface area contributed by atoms with E-state index in [2.05, 4.69) is 17.4 Å².